The maximum atomic E-state index is 13.2. The Morgan fingerprint density at radius 2 is 1.65 bits per heavy atom. The van der Waals surface area contributed by atoms with Crippen molar-refractivity contribution in [1.29, 1.82) is 0 Å². The van der Waals surface area contributed by atoms with Crippen LogP contribution in [0.4, 0.5) is 5.69 Å². The van der Waals surface area contributed by atoms with Gasteiger partial charge >= 0.3 is 5.97 Å². The Kier molecular flexibility index (Phi) is 9.04. The number of carbonyl (C=O) groups excluding carboxylic acids is 2. The number of amides is 1. The topological polar surface area (TPSA) is 90.4 Å². The number of aryl methyl sites for hydroxylation is 2. The lowest BCUT2D eigenvalue weighted by molar-refractivity contribution is -0.154. The van der Waals surface area contributed by atoms with Gasteiger partial charge < -0.3 is 14.8 Å². The maximum Gasteiger partial charge on any atom is 0.307 e. The number of hydrogen-bond acceptors (Lipinski definition) is 7. The first-order chi connectivity index (χ1) is 16.4. The van der Waals surface area contributed by atoms with Crippen LogP contribution in [0.25, 0.3) is 0 Å². The lowest BCUT2D eigenvalue weighted by atomic mass is 10.1. The van der Waals surface area contributed by atoms with Crippen molar-refractivity contribution in [3.63, 3.8) is 0 Å². The number of benzene rings is 2. The third-order valence-corrected chi connectivity index (χ3v) is 5.74. The second-order valence-electron chi connectivity index (χ2n) is 7.56. The maximum absolute atomic E-state index is 13.2. The standard InChI is InChI=1S/C26H29N3O4S/c1-5-32-22-14-10-9-13-21(22)29-25(31)24(19-11-7-6-8-12-19)33-23(30)16-15-20-17(2)27-26(34-4)28-18(20)3/h6-14,24H,5,15-16H2,1-4H3,(H,29,31). The van der Waals surface area contributed by atoms with Crippen LogP contribution in [0.1, 0.15) is 42.0 Å². The summed E-state index contributed by atoms with van der Waals surface area (Å²) in [6, 6.07) is 16.1. The van der Waals surface area contributed by atoms with Gasteiger partial charge in [0.2, 0.25) is 6.10 Å². The molecule has 0 radical (unpaired) electrons. The molecule has 0 fully saturated rings. The SMILES string of the molecule is CCOc1ccccc1NC(=O)C(OC(=O)CCc1c(C)nc(SC)nc1C)c1ccccc1. The highest BCUT2D eigenvalue weighted by molar-refractivity contribution is 7.98. The van der Waals surface area contributed by atoms with E-state index < -0.39 is 18.0 Å². The van der Waals surface area contributed by atoms with E-state index in [1.54, 1.807) is 42.5 Å². The second-order valence-corrected chi connectivity index (χ2v) is 8.33. The van der Waals surface area contributed by atoms with Crippen LogP contribution >= 0.6 is 11.8 Å². The molecule has 3 aromatic rings. The summed E-state index contributed by atoms with van der Waals surface area (Å²) >= 11 is 1.48. The van der Waals surface area contributed by atoms with E-state index in [2.05, 4.69) is 15.3 Å². The highest BCUT2D eigenvalue weighted by atomic mass is 32.2. The molecular weight excluding hydrogens is 450 g/mol. The molecule has 0 aliphatic heterocycles. The van der Waals surface area contributed by atoms with E-state index in [1.165, 1.54) is 11.8 Å². The Labute approximate surface area is 204 Å². The fourth-order valence-electron chi connectivity index (χ4n) is 3.53. The van der Waals surface area contributed by atoms with E-state index in [1.807, 2.05) is 39.2 Å². The van der Waals surface area contributed by atoms with Crippen LogP contribution in [0.5, 0.6) is 5.75 Å². The van der Waals surface area contributed by atoms with Crippen molar-refractivity contribution in [1.82, 2.24) is 9.97 Å². The average molecular weight is 480 g/mol. The molecule has 7 nitrogen and oxygen atoms in total. The van der Waals surface area contributed by atoms with Gasteiger partial charge in [-0.2, -0.15) is 0 Å². The molecule has 1 unspecified atom stereocenters. The molecule has 1 atom stereocenters. The Bertz CT molecular complexity index is 1110. The molecule has 34 heavy (non-hydrogen) atoms. The monoisotopic (exact) mass is 479 g/mol. The number of para-hydroxylation sites is 2. The molecule has 0 aliphatic carbocycles. The van der Waals surface area contributed by atoms with Gasteiger partial charge in [-0.1, -0.05) is 54.2 Å². The Balaban J connectivity index is 1.74. The van der Waals surface area contributed by atoms with Crippen molar-refractivity contribution in [3.05, 3.63) is 77.1 Å². The number of thioether (sulfide) groups is 1. The van der Waals surface area contributed by atoms with Gasteiger partial charge in [-0.25, -0.2) is 9.97 Å². The molecule has 1 amide bonds. The van der Waals surface area contributed by atoms with Crippen molar-refractivity contribution in [3.8, 4) is 5.75 Å². The summed E-state index contributed by atoms with van der Waals surface area (Å²) in [4.78, 5) is 34.9. The first-order valence-corrected chi connectivity index (χ1v) is 12.3. The van der Waals surface area contributed by atoms with Crippen LogP contribution in [-0.2, 0) is 20.7 Å². The number of rotatable bonds is 10. The quantitative estimate of drug-likeness (QED) is 0.247. The first-order valence-electron chi connectivity index (χ1n) is 11.1. The molecule has 0 saturated carbocycles. The predicted molar refractivity (Wildman–Crippen MR) is 133 cm³/mol. The van der Waals surface area contributed by atoms with Crippen LogP contribution in [0.3, 0.4) is 0 Å². The number of esters is 1. The fourth-order valence-corrected chi connectivity index (χ4v) is 3.99. The van der Waals surface area contributed by atoms with Crippen LogP contribution < -0.4 is 10.1 Å². The van der Waals surface area contributed by atoms with Crippen molar-refractivity contribution < 1.29 is 19.1 Å². The first kappa shape index (κ1) is 25.2. The minimum Gasteiger partial charge on any atom is -0.492 e. The number of carbonyl (C=O) groups is 2. The molecule has 2 aromatic carbocycles. The van der Waals surface area contributed by atoms with Crippen LogP contribution in [0.2, 0.25) is 0 Å². The Morgan fingerprint density at radius 3 is 2.29 bits per heavy atom. The minimum atomic E-state index is -1.10. The molecule has 0 spiro atoms. The van der Waals surface area contributed by atoms with Gasteiger partial charge in [0.15, 0.2) is 5.16 Å². The molecular formula is C26H29N3O4S. The lowest BCUT2D eigenvalue weighted by Crippen LogP contribution is -2.26. The number of nitrogens with one attached hydrogen (secondary N) is 1. The van der Waals surface area contributed by atoms with Gasteiger partial charge in [0.1, 0.15) is 5.75 Å². The van der Waals surface area contributed by atoms with E-state index >= 15 is 0 Å². The normalized spacial score (nSPS) is 11.5. The predicted octanol–water partition coefficient (Wildman–Crippen LogP) is 5.07. The van der Waals surface area contributed by atoms with Crippen molar-refractivity contribution >= 4 is 29.3 Å². The number of ether oxygens (including phenoxy) is 2. The second kappa shape index (κ2) is 12.2. The molecule has 178 valence electrons. The Morgan fingerprint density at radius 1 is 1.00 bits per heavy atom. The lowest BCUT2D eigenvalue weighted by Gasteiger charge is -2.19. The molecule has 1 aromatic heterocycles. The highest BCUT2D eigenvalue weighted by Crippen LogP contribution is 2.27. The highest BCUT2D eigenvalue weighted by Gasteiger charge is 2.26. The smallest absolute Gasteiger partial charge is 0.307 e. The minimum absolute atomic E-state index is 0.107. The number of aromatic nitrogens is 2. The van der Waals surface area contributed by atoms with Gasteiger partial charge in [-0.15, -0.1) is 0 Å². The van der Waals surface area contributed by atoms with E-state index in [9.17, 15) is 9.59 Å². The molecule has 1 N–H and O–H groups in total. The average Bonchev–Trinajstić information content (AvgIpc) is 2.83. The molecule has 1 heterocycles. The zero-order valence-corrected chi connectivity index (χ0v) is 20.6. The largest absolute Gasteiger partial charge is 0.492 e. The zero-order valence-electron chi connectivity index (χ0n) is 19.8. The summed E-state index contributed by atoms with van der Waals surface area (Å²) in [5.41, 5.74) is 3.70. The summed E-state index contributed by atoms with van der Waals surface area (Å²) < 4.78 is 11.3. The third kappa shape index (κ3) is 6.57. The summed E-state index contributed by atoms with van der Waals surface area (Å²) in [7, 11) is 0. The summed E-state index contributed by atoms with van der Waals surface area (Å²) in [6.07, 6.45) is 1.37. The van der Waals surface area contributed by atoms with Crippen molar-refractivity contribution in [2.24, 2.45) is 0 Å². The number of hydrogen-bond donors (Lipinski definition) is 1. The molecule has 0 saturated heterocycles. The van der Waals surface area contributed by atoms with E-state index in [-0.39, 0.29) is 6.42 Å². The molecule has 3 rings (SSSR count). The van der Waals surface area contributed by atoms with Gasteiger partial charge in [0.25, 0.3) is 5.91 Å². The van der Waals surface area contributed by atoms with E-state index in [0.717, 1.165) is 17.0 Å². The van der Waals surface area contributed by atoms with Crippen LogP contribution in [0.15, 0.2) is 59.8 Å². The Hall–Kier alpha value is -3.39. The summed E-state index contributed by atoms with van der Waals surface area (Å²) in [5.74, 6) is -0.377. The number of anilines is 1. The summed E-state index contributed by atoms with van der Waals surface area (Å²) in [5, 5.41) is 3.54. The summed E-state index contributed by atoms with van der Waals surface area (Å²) in [6.45, 7) is 6.15. The van der Waals surface area contributed by atoms with Gasteiger partial charge in [-0.3, -0.25) is 9.59 Å². The molecule has 8 heteroatoms. The van der Waals surface area contributed by atoms with Gasteiger partial charge in [0.05, 0.1) is 12.3 Å². The number of nitrogens with zero attached hydrogens (tertiary/aromatic N) is 2. The zero-order chi connectivity index (χ0) is 24.5. The van der Waals surface area contributed by atoms with E-state index in [0.29, 0.717) is 35.2 Å². The van der Waals surface area contributed by atoms with Crippen molar-refractivity contribution in [2.75, 3.05) is 18.2 Å². The third-order valence-electron chi connectivity index (χ3n) is 5.20. The fraction of sp³-hybridized carbons (Fsp3) is 0.308. The molecule has 0 bridgehead atoms. The van der Waals surface area contributed by atoms with E-state index in [4.69, 9.17) is 9.47 Å². The van der Waals surface area contributed by atoms with Crippen LogP contribution in [0, 0.1) is 13.8 Å². The van der Waals surface area contributed by atoms with Crippen LogP contribution in [-0.4, -0.2) is 34.7 Å². The molecule has 0 aliphatic rings. The van der Waals surface area contributed by atoms with Gasteiger partial charge in [-0.05, 0) is 51.1 Å². The van der Waals surface area contributed by atoms with Crippen molar-refractivity contribution in [2.45, 2.75) is 44.9 Å². The van der Waals surface area contributed by atoms with Gasteiger partial charge in [0, 0.05) is 23.4 Å².